The third-order valence-electron chi connectivity index (χ3n) is 13.2. The van der Waals surface area contributed by atoms with Gasteiger partial charge in [0.15, 0.2) is 5.82 Å². The number of nitrogens with one attached hydrogen (secondary N) is 1. The molecule has 4 aliphatic heterocycles. The van der Waals surface area contributed by atoms with E-state index in [4.69, 9.17) is 9.84 Å². The zero-order valence-corrected chi connectivity index (χ0v) is 33.4. The molecule has 2 aromatic heterocycles. The lowest BCUT2D eigenvalue weighted by Gasteiger charge is -2.46. The maximum Gasteiger partial charge on any atom is 0.264 e. The van der Waals surface area contributed by atoms with Crippen LogP contribution < -0.4 is 15.0 Å². The van der Waals surface area contributed by atoms with Gasteiger partial charge in [-0.3, -0.25) is 34.3 Å². The van der Waals surface area contributed by atoms with Crippen molar-refractivity contribution in [2.75, 3.05) is 50.7 Å². The van der Waals surface area contributed by atoms with Gasteiger partial charge in [-0.25, -0.2) is 14.5 Å². The van der Waals surface area contributed by atoms with Crippen molar-refractivity contribution >= 4 is 47.4 Å². The average Bonchev–Trinajstić information content (AvgIpc) is 3.78. The van der Waals surface area contributed by atoms with E-state index < -0.39 is 23.8 Å². The monoisotopic (exact) mass is 805 g/mol. The molecule has 5 aromatic rings. The third kappa shape index (κ3) is 6.92. The largest absolute Gasteiger partial charge is 0.457 e. The van der Waals surface area contributed by atoms with Crippen LogP contribution in [-0.2, 0) is 9.59 Å². The van der Waals surface area contributed by atoms with Crippen LogP contribution in [0.1, 0.15) is 70.9 Å². The van der Waals surface area contributed by atoms with Crippen molar-refractivity contribution in [3.63, 3.8) is 0 Å². The average molecular weight is 806 g/mol. The zero-order valence-electron chi connectivity index (χ0n) is 33.4. The van der Waals surface area contributed by atoms with E-state index in [0.29, 0.717) is 34.8 Å². The summed E-state index contributed by atoms with van der Waals surface area (Å²) in [5, 5.41) is 7.00. The number of anilines is 1. The second-order valence-electron chi connectivity index (χ2n) is 16.7. The second kappa shape index (κ2) is 15.7. The Balaban J connectivity index is 0.731. The molecular formula is C46H47N9O5. The van der Waals surface area contributed by atoms with Crippen LogP contribution in [0.5, 0.6) is 11.5 Å². The Labute approximate surface area is 347 Å². The molecule has 10 rings (SSSR count). The van der Waals surface area contributed by atoms with Crippen LogP contribution in [0.15, 0.2) is 90.2 Å². The Bertz CT molecular complexity index is 2480. The van der Waals surface area contributed by atoms with Crippen molar-refractivity contribution in [2.45, 2.75) is 56.5 Å². The number of hydrogen-bond donors (Lipinski definition) is 1. The zero-order chi connectivity index (χ0) is 40.9. The number of imide groups is 2. The molecule has 3 aromatic carbocycles. The standard InChI is InChI=1S/C46H47N9O5/c1-47-43-42-36(30-12-16-34(17-13-30)60-33-6-3-2-4-7-33)24-39(55(42)49-28-48-43)31-10-14-32(15-11-31)52-22-20-51(21-23-52)25-29-26-53(27-29)37-9-5-8-35-41(37)46(59)54(45(35)58)38-18-19-40(56)50-44(38)57/h2-9,12-13,16-17,24,28-29,31-32,38H,1,10-11,14-15,18-23,25-27H2,(H,50,56,57). The Morgan fingerprint density at radius 2 is 1.55 bits per heavy atom. The maximum absolute atomic E-state index is 13.6. The van der Waals surface area contributed by atoms with E-state index in [2.05, 4.69) is 54.9 Å². The summed E-state index contributed by atoms with van der Waals surface area (Å²) >= 11 is 0. The van der Waals surface area contributed by atoms with Crippen LogP contribution in [0.25, 0.3) is 16.6 Å². The Hall–Kier alpha value is -6.25. The first-order chi connectivity index (χ1) is 29.3. The van der Waals surface area contributed by atoms with Gasteiger partial charge in [0, 0.05) is 81.4 Å². The molecule has 1 aliphatic carbocycles. The molecular weight excluding hydrogens is 759 g/mol. The smallest absolute Gasteiger partial charge is 0.264 e. The lowest BCUT2D eigenvalue weighted by atomic mass is 9.83. The second-order valence-corrected chi connectivity index (χ2v) is 16.7. The van der Waals surface area contributed by atoms with E-state index in [0.717, 1.165) is 110 Å². The molecule has 60 heavy (non-hydrogen) atoms. The highest BCUT2D eigenvalue weighted by molar-refractivity contribution is 6.25. The molecule has 1 unspecified atom stereocenters. The number of nitrogens with zero attached hydrogens (tertiary/aromatic N) is 8. The lowest BCUT2D eigenvalue weighted by Crippen LogP contribution is -2.56. The van der Waals surface area contributed by atoms with Crippen molar-refractivity contribution in [3.05, 3.63) is 102 Å². The molecule has 14 nitrogen and oxygen atoms in total. The van der Waals surface area contributed by atoms with Gasteiger partial charge in [0.05, 0.1) is 16.8 Å². The molecule has 1 saturated carbocycles. The summed E-state index contributed by atoms with van der Waals surface area (Å²) < 4.78 is 8.08. The number of piperidine rings is 1. The molecule has 4 amide bonds. The highest BCUT2D eigenvalue weighted by atomic mass is 16.5. The first-order valence-corrected chi connectivity index (χ1v) is 21.1. The molecule has 0 bridgehead atoms. The molecule has 306 valence electrons. The summed E-state index contributed by atoms with van der Waals surface area (Å²) in [6.07, 6.45) is 6.26. The van der Waals surface area contributed by atoms with Gasteiger partial charge >= 0.3 is 0 Å². The number of amides is 4. The molecule has 14 heteroatoms. The van der Waals surface area contributed by atoms with Crippen molar-refractivity contribution in [2.24, 2.45) is 10.9 Å². The first-order valence-electron chi connectivity index (χ1n) is 21.1. The third-order valence-corrected chi connectivity index (χ3v) is 13.2. The minimum atomic E-state index is -0.968. The van der Waals surface area contributed by atoms with Crippen LogP contribution in [-0.4, -0.2) is 118 Å². The number of aromatic nitrogens is 3. The number of fused-ring (bicyclic) bond motifs is 2. The summed E-state index contributed by atoms with van der Waals surface area (Å²) in [5.74, 6) is 1.08. The molecule has 1 N–H and O–H groups in total. The van der Waals surface area contributed by atoms with Gasteiger partial charge in [-0.15, -0.1) is 0 Å². The molecule has 4 fully saturated rings. The SMILES string of the molecule is C=Nc1ncnn2c(C3CCC(N4CCN(CC5CN(c6cccc7c6C(=O)N(C6CCC(=O)NC6=O)C7=O)C5)CC4)CC3)cc(-c3ccc(Oc4ccccc4)cc3)c12. The van der Waals surface area contributed by atoms with E-state index in [1.54, 1.807) is 18.5 Å². The minimum absolute atomic E-state index is 0.0998. The van der Waals surface area contributed by atoms with Crippen molar-refractivity contribution in [3.8, 4) is 22.6 Å². The fraction of sp³-hybridized carbons (Fsp3) is 0.370. The Morgan fingerprint density at radius 3 is 2.28 bits per heavy atom. The highest BCUT2D eigenvalue weighted by Gasteiger charge is 2.47. The number of ether oxygens (including phenoxy) is 1. The number of para-hydroxylation sites is 1. The topological polar surface area (TPSA) is 145 Å². The molecule has 0 spiro atoms. The van der Waals surface area contributed by atoms with Crippen LogP contribution in [0.2, 0.25) is 0 Å². The Morgan fingerprint density at radius 1 is 0.800 bits per heavy atom. The van der Waals surface area contributed by atoms with Crippen LogP contribution >= 0.6 is 0 Å². The normalized spacial score (nSPS) is 22.8. The number of hydrogen-bond acceptors (Lipinski definition) is 11. The van der Waals surface area contributed by atoms with Gasteiger partial charge in [0.25, 0.3) is 11.8 Å². The van der Waals surface area contributed by atoms with Crippen molar-refractivity contribution in [1.82, 2.24) is 34.6 Å². The van der Waals surface area contributed by atoms with Crippen LogP contribution in [0.3, 0.4) is 0 Å². The summed E-state index contributed by atoms with van der Waals surface area (Å²) in [5.41, 5.74) is 5.60. The minimum Gasteiger partial charge on any atom is -0.457 e. The van der Waals surface area contributed by atoms with Crippen LogP contribution in [0, 0.1) is 5.92 Å². The molecule has 0 radical (unpaired) electrons. The van der Waals surface area contributed by atoms with E-state index in [-0.39, 0.29) is 18.7 Å². The fourth-order valence-electron chi connectivity index (χ4n) is 10.1. The quantitative estimate of drug-likeness (QED) is 0.138. The predicted octanol–water partition coefficient (Wildman–Crippen LogP) is 5.70. The maximum atomic E-state index is 13.6. The number of carbonyl (C=O) groups excluding carboxylic acids is 4. The molecule has 1 atom stereocenters. The number of carbonyl (C=O) groups is 4. The summed E-state index contributed by atoms with van der Waals surface area (Å²) in [6.45, 7) is 10.6. The fourth-order valence-corrected chi connectivity index (χ4v) is 10.1. The number of benzene rings is 3. The van der Waals surface area contributed by atoms with Gasteiger partial charge < -0.3 is 14.5 Å². The summed E-state index contributed by atoms with van der Waals surface area (Å²) in [7, 11) is 0. The van der Waals surface area contributed by atoms with Crippen molar-refractivity contribution < 1.29 is 23.9 Å². The summed E-state index contributed by atoms with van der Waals surface area (Å²) in [4.78, 5) is 68.4. The number of rotatable bonds is 10. The van der Waals surface area contributed by atoms with Gasteiger partial charge in [0.2, 0.25) is 11.8 Å². The van der Waals surface area contributed by atoms with Crippen molar-refractivity contribution in [1.29, 1.82) is 0 Å². The van der Waals surface area contributed by atoms with E-state index in [9.17, 15) is 19.2 Å². The number of piperazine rings is 1. The van der Waals surface area contributed by atoms with Gasteiger partial charge in [-0.05, 0) is 86.8 Å². The first kappa shape index (κ1) is 38.0. The van der Waals surface area contributed by atoms with Gasteiger partial charge in [0.1, 0.15) is 29.4 Å². The van der Waals surface area contributed by atoms with E-state index >= 15 is 0 Å². The molecule has 3 saturated heterocycles. The Kier molecular flexibility index (Phi) is 9.96. The van der Waals surface area contributed by atoms with Gasteiger partial charge in [-0.2, -0.15) is 5.10 Å². The van der Waals surface area contributed by atoms with E-state index in [1.165, 1.54) is 5.69 Å². The molecule has 5 aliphatic rings. The van der Waals surface area contributed by atoms with Crippen LogP contribution in [0.4, 0.5) is 11.5 Å². The van der Waals surface area contributed by atoms with E-state index in [1.807, 2.05) is 53.0 Å². The summed E-state index contributed by atoms with van der Waals surface area (Å²) in [6, 6.07) is 25.1. The highest BCUT2D eigenvalue weighted by Crippen LogP contribution is 2.42. The lowest BCUT2D eigenvalue weighted by molar-refractivity contribution is -0.136. The predicted molar refractivity (Wildman–Crippen MR) is 226 cm³/mol. The number of aliphatic imine (C=N–C) groups is 1. The van der Waals surface area contributed by atoms with Gasteiger partial charge in [-0.1, -0.05) is 36.4 Å². The molecule has 6 heterocycles.